The first-order chi connectivity index (χ1) is 28.3. The zero-order chi connectivity index (χ0) is 37.5. The third-order valence-corrected chi connectivity index (χ3v) is 13.4. The highest BCUT2D eigenvalue weighted by molar-refractivity contribution is 7.25. The van der Waals surface area contributed by atoms with E-state index < -0.39 is 0 Å². The third kappa shape index (κ3) is 4.62. The molecule has 266 valence electrons. The Morgan fingerprint density at radius 1 is 0.333 bits per heavy atom. The quantitative estimate of drug-likeness (QED) is 0.170. The van der Waals surface area contributed by atoms with Crippen LogP contribution < -0.4 is 4.90 Å². The van der Waals surface area contributed by atoms with Crippen LogP contribution in [0.3, 0.4) is 0 Å². The van der Waals surface area contributed by atoms with E-state index in [1.165, 1.54) is 86.9 Å². The third-order valence-electron chi connectivity index (χ3n) is 12.3. The van der Waals surface area contributed by atoms with E-state index in [0.29, 0.717) is 0 Å². The summed E-state index contributed by atoms with van der Waals surface area (Å²) in [6.45, 7) is 0. The molecule has 57 heavy (non-hydrogen) atoms. The maximum atomic E-state index is 2.49. The predicted octanol–water partition coefficient (Wildman–Crippen LogP) is 15.2. The molecule has 10 aromatic rings. The summed E-state index contributed by atoms with van der Waals surface area (Å²) < 4.78 is 2.61. The number of thiophene rings is 1. The normalized spacial score (nSPS) is 13.1. The first kappa shape index (κ1) is 32.3. The number of hydrogen-bond donors (Lipinski definition) is 0. The molecule has 0 bridgehead atoms. The summed E-state index contributed by atoms with van der Waals surface area (Å²) in [5.74, 6) is 0. The Morgan fingerprint density at radius 3 is 1.61 bits per heavy atom. The summed E-state index contributed by atoms with van der Waals surface area (Å²) in [4.78, 5) is 2.49. The standard InChI is InChI=1S/C55H35NS/c1-2-16-36(17-3-1)37-18-14-19-38(34-37)56(51-29-12-7-23-43(51)44-25-15-31-53-54(44)45-24-8-13-30-52(45)57-53)39-32-33-50-46(35-39)42-22-6-11-28-49(42)55(50)47-26-9-4-20-40(47)41-21-5-10-27-48(41)55/h1-35H. The zero-order valence-electron chi connectivity index (χ0n) is 31.1. The Kier molecular flexibility index (Phi) is 7.08. The van der Waals surface area contributed by atoms with Crippen LogP contribution in [0.2, 0.25) is 0 Å². The molecular formula is C55H35NS. The number of benzene rings is 9. The molecule has 0 atom stereocenters. The SMILES string of the molecule is c1ccc(-c2cccc(N(c3ccc4c(c3)-c3ccccc3C43c4ccccc4-c4ccccc43)c3ccccc3-c3cccc4sc5ccccc5c34)c2)cc1. The van der Waals surface area contributed by atoms with Crippen LogP contribution in [-0.2, 0) is 5.41 Å². The molecule has 0 amide bonds. The fourth-order valence-corrected chi connectivity index (χ4v) is 11.1. The van der Waals surface area contributed by atoms with Crippen LogP contribution in [0.25, 0.3) is 64.7 Å². The van der Waals surface area contributed by atoms with Gasteiger partial charge in [0.05, 0.1) is 11.1 Å². The van der Waals surface area contributed by atoms with Crippen LogP contribution in [0.5, 0.6) is 0 Å². The maximum Gasteiger partial charge on any atom is 0.0725 e. The first-order valence-electron chi connectivity index (χ1n) is 19.7. The van der Waals surface area contributed by atoms with Gasteiger partial charge < -0.3 is 4.90 Å². The van der Waals surface area contributed by atoms with Gasteiger partial charge in [0, 0.05) is 37.1 Å². The Labute approximate surface area is 336 Å². The smallest absolute Gasteiger partial charge is 0.0725 e. The van der Waals surface area contributed by atoms with E-state index in [-0.39, 0.29) is 5.41 Å². The number of nitrogens with zero attached hydrogens (tertiary/aromatic N) is 1. The molecular weight excluding hydrogens is 707 g/mol. The van der Waals surface area contributed by atoms with Crippen LogP contribution in [0.1, 0.15) is 22.3 Å². The van der Waals surface area contributed by atoms with E-state index in [9.17, 15) is 0 Å². The van der Waals surface area contributed by atoms with Crippen molar-refractivity contribution in [1.82, 2.24) is 0 Å². The van der Waals surface area contributed by atoms with Crippen molar-refractivity contribution < 1.29 is 0 Å². The van der Waals surface area contributed by atoms with E-state index in [4.69, 9.17) is 0 Å². The molecule has 0 saturated carbocycles. The number of rotatable bonds is 5. The van der Waals surface area contributed by atoms with Crippen LogP contribution >= 0.6 is 11.3 Å². The lowest BCUT2D eigenvalue weighted by Crippen LogP contribution is -2.25. The second-order valence-corrected chi connectivity index (χ2v) is 16.2. The van der Waals surface area contributed by atoms with E-state index >= 15 is 0 Å². The van der Waals surface area contributed by atoms with E-state index in [1.54, 1.807) is 0 Å². The zero-order valence-corrected chi connectivity index (χ0v) is 31.9. The van der Waals surface area contributed by atoms with Gasteiger partial charge in [0.2, 0.25) is 0 Å². The van der Waals surface area contributed by atoms with Crippen molar-refractivity contribution in [2.45, 2.75) is 5.41 Å². The molecule has 0 fully saturated rings. The summed E-state index contributed by atoms with van der Waals surface area (Å²) in [5, 5.41) is 2.61. The Bertz CT molecular complexity index is 3160. The van der Waals surface area contributed by atoms with Gasteiger partial charge in [0.15, 0.2) is 0 Å². The molecule has 1 spiro atoms. The molecule has 2 aliphatic carbocycles. The lowest BCUT2D eigenvalue weighted by molar-refractivity contribution is 0.794. The van der Waals surface area contributed by atoms with E-state index in [1.807, 2.05) is 11.3 Å². The van der Waals surface area contributed by atoms with Crippen molar-refractivity contribution in [3.63, 3.8) is 0 Å². The van der Waals surface area contributed by atoms with Crippen molar-refractivity contribution in [3.8, 4) is 44.5 Å². The second-order valence-electron chi connectivity index (χ2n) is 15.2. The minimum absolute atomic E-state index is 0.386. The van der Waals surface area contributed by atoms with Gasteiger partial charge in [-0.2, -0.15) is 0 Å². The molecule has 0 unspecified atom stereocenters. The summed E-state index contributed by atoms with van der Waals surface area (Å²) >= 11 is 1.87. The number of hydrogen-bond acceptors (Lipinski definition) is 2. The van der Waals surface area contributed by atoms with Gasteiger partial charge in [-0.15, -0.1) is 11.3 Å². The summed E-state index contributed by atoms with van der Waals surface area (Å²) in [6.07, 6.45) is 0. The van der Waals surface area contributed by atoms with Crippen LogP contribution in [-0.4, -0.2) is 0 Å². The molecule has 1 heterocycles. The summed E-state index contributed by atoms with van der Waals surface area (Å²) in [5.41, 5.74) is 18.5. The van der Waals surface area contributed by atoms with Gasteiger partial charge in [-0.3, -0.25) is 0 Å². The molecule has 1 aromatic heterocycles. The van der Waals surface area contributed by atoms with E-state index in [2.05, 4.69) is 217 Å². The highest BCUT2D eigenvalue weighted by Gasteiger charge is 2.51. The molecule has 12 rings (SSSR count). The summed E-state index contributed by atoms with van der Waals surface area (Å²) in [6, 6.07) is 78.7. The van der Waals surface area contributed by atoms with Gasteiger partial charge in [-0.1, -0.05) is 170 Å². The van der Waals surface area contributed by atoms with Gasteiger partial charge in [0.25, 0.3) is 0 Å². The van der Waals surface area contributed by atoms with E-state index in [0.717, 1.165) is 17.1 Å². The van der Waals surface area contributed by atoms with Gasteiger partial charge >= 0.3 is 0 Å². The van der Waals surface area contributed by atoms with Gasteiger partial charge in [-0.25, -0.2) is 0 Å². The van der Waals surface area contributed by atoms with Crippen molar-refractivity contribution >= 4 is 48.6 Å². The Morgan fingerprint density at radius 2 is 0.860 bits per heavy atom. The van der Waals surface area contributed by atoms with Crippen molar-refractivity contribution in [3.05, 3.63) is 235 Å². The molecule has 0 aliphatic heterocycles. The largest absolute Gasteiger partial charge is 0.310 e. The van der Waals surface area contributed by atoms with Crippen LogP contribution in [0, 0.1) is 0 Å². The van der Waals surface area contributed by atoms with Crippen LogP contribution in [0.4, 0.5) is 17.1 Å². The number of anilines is 3. The lowest BCUT2D eigenvalue weighted by Gasteiger charge is -2.31. The van der Waals surface area contributed by atoms with Crippen molar-refractivity contribution in [2.24, 2.45) is 0 Å². The van der Waals surface area contributed by atoms with Crippen molar-refractivity contribution in [2.75, 3.05) is 4.90 Å². The van der Waals surface area contributed by atoms with Crippen LogP contribution in [0.15, 0.2) is 212 Å². The second kappa shape index (κ2) is 12.5. The molecule has 2 heteroatoms. The molecule has 0 radical (unpaired) electrons. The average molecular weight is 742 g/mol. The topological polar surface area (TPSA) is 3.24 Å². The molecule has 1 nitrogen and oxygen atoms in total. The highest BCUT2D eigenvalue weighted by atomic mass is 32.1. The Balaban J connectivity index is 1.13. The van der Waals surface area contributed by atoms with Gasteiger partial charge in [0.1, 0.15) is 0 Å². The minimum atomic E-state index is -0.386. The molecule has 2 aliphatic rings. The first-order valence-corrected chi connectivity index (χ1v) is 20.5. The molecule has 0 N–H and O–H groups in total. The maximum absolute atomic E-state index is 2.49. The van der Waals surface area contributed by atoms with Crippen molar-refractivity contribution in [1.29, 1.82) is 0 Å². The monoisotopic (exact) mass is 741 g/mol. The fraction of sp³-hybridized carbons (Fsp3) is 0.0182. The average Bonchev–Trinajstić information content (AvgIpc) is 3.91. The lowest BCUT2D eigenvalue weighted by atomic mass is 9.70. The minimum Gasteiger partial charge on any atom is -0.310 e. The Hall–Kier alpha value is -7.00. The van der Waals surface area contributed by atoms with Gasteiger partial charge in [-0.05, 0) is 104 Å². The molecule has 9 aromatic carbocycles. The highest BCUT2D eigenvalue weighted by Crippen LogP contribution is 2.63. The number of fused-ring (bicyclic) bond motifs is 13. The summed E-state index contributed by atoms with van der Waals surface area (Å²) in [7, 11) is 0. The predicted molar refractivity (Wildman–Crippen MR) is 241 cm³/mol. The number of para-hydroxylation sites is 1. The molecule has 0 saturated heterocycles. The fourth-order valence-electron chi connectivity index (χ4n) is 10.0.